The number of methoxy groups -OCH3 is 1. The summed E-state index contributed by atoms with van der Waals surface area (Å²) in [5.41, 5.74) is 8.43. The summed E-state index contributed by atoms with van der Waals surface area (Å²) in [5, 5.41) is 7.10. The number of halogens is 1. The number of anilines is 5. The zero-order valence-corrected chi connectivity index (χ0v) is 21.8. The van der Waals surface area contributed by atoms with Gasteiger partial charge in [0.15, 0.2) is 5.75 Å². The smallest absolute Gasteiger partial charge is 0.351 e. The molecule has 1 saturated heterocycles. The highest BCUT2D eigenvalue weighted by Crippen LogP contribution is 2.34. The number of hydrogen-bond donors (Lipinski definition) is 4. The number of carbonyl (C=O) groups is 1. The summed E-state index contributed by atoms with van der Waals surface area (Å²) in [6, 6.07) is 11.7. The standard InChI is InChI=1S/C28H31FN8O2/c1-39-24-15-19(37-12-10-36(11-13-37)16-17-2-3-17)5-7-22(24)33-28-34-26-21(8-9-31-26)27(35-28)32-23-14-18(29)4-6-20(23)25(30)38/h4-9,14-15,17H,2-3,10-13,16H2,1H3,(H2,30,38)(H3,31,32,33,34,35)/p+1. The van der Waals surface area contributed by atoms with E-state index in [0.717, 1.165) is 48.9 Å². The Morgan fingerprint density at radius 2 is 1.95 bits per heavy atom. The number of primary amides is 1. The zero-order valence-electron chi connectivity index (χ0n) is 21.8. The van der Waals surface area contributed by atoms with Gasteiger partial charge in [-0.1, -0.05) is 4.98 Å². The van der Waals surface area contributed by atoms with Crippen LogP contribution in [0.5, 0.6) is 5.75 Å². The molecule has 11 heteroatoms. The van der Waals surface area contributed by atoms with Gasteiger partial charge in [0.05, 0.1) is 23.7 Å². The number of ether oxygens (including phenoxy) is 1. The van der Waals surface area contributed by atoms with E-state index in [1.54, 1.807) is 13.3 Å². The first-order valence-corrected chi connectivity index (χ1v) is 13.2. The molecular weight excluding hydrogens is 499 g/mol. The van der Waals surface area contributed by atoms with E-state index in [9.17, 15) is 9.18 Å². The lowest BCUT2D eigenvalue weighted by molar-refractivity contribution is -0.333. The van der Waals surface area contributed by atoms with E-state index in [1.165, 1.54) is 37.6 Å². The number of H-pyrrole nitrogens is 2. The van der Waals surface area contributed by atoms with Crippen molar-refractivity contribution in [1.29, 1.82) is 0 Å². The molecule has 0 bridgehead atoms. The van der Waals surface area contributed by atoms with E-state index < -0.39 is 11.7 Å². The molecule has 1 aliphatic carbocycles. The molecule has 2 aliphatic rings. The fourth-order valence-corrected chi connectivity index (χ4v) is 5.07. The Hall–Kier alpha value is -4.38. The number of carbonyl (C=O) groups excluding carboxylic acids is 1. The average molecular weight is 532 g/mol. The van der Waals surface area contributed by atoms with Crippen LogP contribution in [0, 0.1) is 11.7 Å². The van der Waals surface area contributed by atoms with Crippen molar-refractivity contribution < 1.29 is 18.9 Å². The summed E-state index contributed by atoms with van der Waals surface area (Å²) in [6.45, 7) is 5.36. The molecule has 2 fully saturated rings. The second-order valence-electron chi connectivity index (χ2n) is 10.1. The third-order valence-corrected chi connectivity index (χ3v) is 7.36. The van der Waals surface area contributed by atoms with E-state index >= 15 is 0 Å². The van der Waals surface area contributed by atoms with Crippen molar-refractivity contribution >= 4 is 45.8 Å². The molecule has 0 radical (unpaired) electrons. The van der Waals surface area contributed by atoms with Gasteiger partial charge in [-0.05, 0) is 55.2 Å². The highest BCUT2D eigenvalue weighted by atomic mass is 19.1. The monoisotopic (exact) mass is 531 g/mol. The molecule has 3 heterocycles. The topological polar surface area (TPSA) is 126 Å². The quantitative estimate of drug-likeness (QED) is 0.260. The predicted molar refractivity (Wildman–Crippen MR) is 149 cm³/mol. The number of fused-ring (bicyclic) bond motifs is 1. The van der Waals surface area contributed by atoms with Crippen LogP contribution in [0.15, 0.2) is 48.7 Å². The van der Waals surface area contributed by atoms with Crippen LogP contribution in [0.2, 0.25) is 0 Å². The van der Waals surface area contributed by atoms with Gasteiger partial charge >= 0.3 is 5.95 Å². The van der Waals surface area contributed by atoms with Crippen LogP contribution in [-0.4, -0.2) is 60.6 Å². The van der Waals surface area contributed by atoms with Gasteiger partial charge in [-0.25, -0.2) is 9.37 Å². The molecule has 6 rings (SSSR count). The highest BCUT2D eigenvalue weighted by molar-refractivity contribution is 6.00. The molecule has 4 aromatic rings. The minimum atomic E-state index is -0.669. The van der Waals surface area contributed by atoms with Crippen molar-refractivity contribution in [3.05, 3.63) is 60.0 Å². The van der Waals surface area contributed by atoms with Crippen LogP contribution >= 0.6 is 0 Å². The van der Waals surface area contributed by atoms with Crippen LogP contribution in [0.4, 0.5) is 33.2 Å². The Morgan fingerprint density at radius 3 is 2.69 bits per heavy atom. The number of hydrogen-bond acceptors (Lipinski definition) is 7. The minimum absolute atomic E-state index is 0.162. The summed E-state index contributed by atoms with van der Waals surface area (Å²) in [6.07, 6.45) is 4.52. The maximum atomic E-state index is 14.0. The summed E-state index contributed by atoms with van der Waals surface area (Å²) in [7, 11) is 1.64. The largest absolute Gasteiger partial charge is 0.493 e. The molecule has 0 atom stereocenters. The van der Waals surface area contributed by atoms with E-state index in [0.29, 0.717) is 23.2 Å². The second-order valence-corrected chi connectivity index (χ2v) is 10.1. The number of amides is 1. The molecule has 39 heavy (non-hydrogen) atoms. The first-order chi connectivity index (χ1) is 19.0. The fourth-order valence-electron chi connectivity index (χ4n) is 5.07. The van der Waals surface area contributed by atoms with E-state index in [2.05, 4.69) is 41.5 Å². The van der Waals surface area contributed by atoms with Gasteiger partial charge in [-0.2, -0.15) is 0 Å². The Kier molecular flexibility index (Phi) is 6.65. The Balaban J connectivity index is 1.23. The minimum Gasteiger partial charge on any atom is -0.493 e. The number of nitrogens with one attached hydrogen (secondary N) is 4. The van der Waals surface area contributed by atoms with Crippen molar-refractivity contribution in [2.75, 3.05) is 55.4 Å². The summed E-state index contributed by atoms with van der Waals surface area (Å²) in [4.78, 5) is 27.9. The van der Waals surface area contributed by atoms with Gasteiger partial charge in [-0.15, -0.1) is 0 Å². The van der Waals surface area contributed by atoms with Gasteiger partial charge in [-0.3, -0.25) is 20.0 Å². The number of piperazine rings is 1. The molecule has 6 N–H and O–H groups in total. The molecule has 2 aromatic heterocycles. The second kappa shape index (κ2) is 10.4. The summed E-state index contributed by atoms with van der Waals surface area (Å²) >= 11 is 0. The number of nitrogens with zero attached hydrogens (tertiary/aromatic N) is 3. The Labute approximate surface area is 225 Å². The van der Waals surface area contributed by atoms with Crippen LogP contribution < -0.4 is 31.0 Å². The average Bonchev–Trinajstić information content (AvgIpc) is 3.61. The van der Waals surface area contributed by atoms with Crippen molar-refractivity contribution in [2.24, 2.45) is 11.7 Å². The van der Waals surface area contributed by atoms with Gasteiger partial charge < -0.3 is 20.7 Å². The van der Waals surface area contributed by atoms with Crippen molar-refractivity contribution in [2.45, 2.75) is 12.8 Å². The third kappa shape index (κ3) is 5.44. The van der Waals surface area contributed by atoms with Crippen molar-refractivity contribution in [1.82, 2.24) is 14.9 Å². The van der Waals surface area contributed by atoms with Crippen LogP contribution in [-0.2, 0) is 0 Å². The molecule has 0 unspecified atom stereocenters. The fraction of sp³-hybridized carbons (Fsp3) is 0.321. The lowest BCUT2D eigenvalue weighted by atomic mass is 10.1. The number of rotatable bonds is 9. The maximum Gasteiger partial charge on any atom is 0.351 e. The van der Waals surface area contributed by atoms with Crippen LogP contribution in [0.1, 0.15) is 23.2 Å². The Bertz CT molecular complexity index is 1510. The van der Waals surface area contributed by atoms with E-state index in [1.807, 2.05) is 18.2 Å². The van der Waals surface area contributed by atoms with Crippen molar-refractivity contribution in [3.8, 4) is 5.75 Å². The zero-order chi connectivity index (χ0) is 26.9. The summed E-state index contributed by atoms with van der Waals surface area (Å²) in [5.74, 6) is 1.27. The molecule has 1 amide bonds. The van der Waals surface area contributed by atoms with Gasteiger partial charge in [0.1, 0.15) is 11.5 Å². The number of benzene rings is 2. The molecule has 1 aliphatic heterocycles. The molecule has 1 saturated carbocycles. The summed E-state index contributed by atoms with van der Waals surface area (Å²) < 4.78 is 19.7. The van der Waals surface area contributed by atoms with Gasteiger partial charge in [0.2, 0.25) is 11.5 Å². The highest BCUT2D eigenvalue weighted by Gasteiger charge is 2.27. The van der Waals surface area contributed by atoms with Crippen LogP contribution in [0.25, 0.3) is 11.0 Å². The van der Waals surface area contributed by atoms with Gasteiger partial charge in [0, 0.05) is 50.7 Å². The predicted octanol–water partition coefficient (Wildman–Crippen LogP) is 3.64. The third-order valence-electron chi connectivity index (χ3n) is 7.36. The van der Waals surface area contributed by atoms with E-state index in [4.69, 9.17) is 10.5 Å². The molecule has 2 aromatic carbocycles. The lowest BCUT2D eigenvalue weighted by Gasteiger charge is -2.36. The number of nitrogens with two attached hydrogens (primary N) is 1. The van der Waals surface area contributed by atoms with Gasteiger partial charge in [0.25, 0.3) is 5.91 Å². The molecule has 202 valence electrons. The number of aromatic amines is 2. The SMILES string of the molecule is COc1cc(N2CCN(CC3CC3)CC2)ccc1Nc1nc(Nc2cc(F)ccc2C(N)=O)c2cc[nH]c2[nH+]1. The first-order valence-electron chi connectivity index (χ1n) is 13.2. The number of aromatic nitrogens is 3. The van der Waals surface area contributed by atoms with E-state index in [-0.39, 0.29) is 11.3 Å². The molecule has 10 nitrogen and oxygen atoms in total. The maximum absolute atomic E-state index is 14.0. The normalized spacial score (nSPS) is 15.9. The Morgan fingerprint density at radius 1 is 1.13 bits per heavy atom. The van der Waals surface area contributed by atoms with Crippen molar-refractivity contribution in [3.63, 3.8) is 0 Å². The lowest BCUT2D eigenvalue weighted by Crippen LogP contribution is -2.47. The van der Waals surface area contributed by atoms with Crippen LogP contribution in [0.3, 0.4) is 0 Å². The molecule has 0 spiro atoms. The molecular formula is C28H32FN8O2+. The first kappa shape index (κ1) is 24.9.